The number of benzene rings is 1. The van der Waals surface area contributed by atoms with Crippen molar-refractivity contribution in [1.29, 1.82) is 0 Å². The van der Waals surface area contributed by atoms with Crippen molar-refractivity contribution in [3.63, 3.8) is 0 Å². The van der Waals surface area contributed by atoms with E-state index in [1.54, 1.807) is 6.21 Å². The lowest BCUT2D eigenvalue weighted by Crippen LogP contribution is -2.63. The molecule has 2 aromatic rings. The molecule has 4 rings (SSSR count). The lowest BCUT2D eigenvalue weighted by Gasteiger charge is -2.43. The van der Waals surface area contributed by atoms with E-state index in [2.05, 4.69) is 31.1 Å². The van der Waals surface area contributed by atoms with Gasteiger partial charge in [-0.1, -0.05) is 6.07 Å². The average molecular weight is 522 g/mol. The van der Waals surface area contributed by atoms with E-state index in [0.29, 0.717) is 17.4 Å². The topological polar surface area (TPSA) is 111 Å². The SMILES string of the molecule is Cc1ccc(NC(=O)c2cnc(C(C)NC(C=O)C3=NCN(C)C4(C)NN=CC34)s2)cc1C(F)(F)F. The Balaban J connectivity index is 1.45. The van der Waals surface area contributed by atoms with E-state index in [9.17, 15) is 22.8 Å². The van der Waals surface area contributed by atoms with Crippen molar-refractivity contribution in [2.75, 3.05) is 19.0 Å². The van der Waals surface area contributed by atoms with Crippen molar-refractivity contribution >= 4 is 41.1 Å². The summed E-state index contributed by atoms with van der Waals surface area (Å²) in [5.41, 5.74) is 2.55. The largest absolute Gasteiger partial charge is 0.416 e. The maximum atomic E-state index is 13.2. The number of rotatable bonds is 7. The van der Waals surface area contributed by atoms with E-state index < -0.39 is 35.4 Å². The Labute approximate surface area is 209 Å². The molecule has 1 aromatic carbocycles. The Bertz CT molecular complexity index is 1230. The molecule has 36 heavy (non-hydrogen) atoms. The number of halogens is 3. The molecule has 13 heteroatoms. The molecule has 3 heterocycles. The maximum Gasteiger partial charge on any atom is 0.416 e. The van der Waals surface area contributed by atoms with Gasteiger partial charge in [0.2, 0.25) is 0 Å². The van der Waals surface area contributed by atoms with Gasteiger partial charge >= 0.3 is 6.18 Å². The molecule has 0 radical (unpaired) electrons. The summed E-state index contributed by atoms with van der Waals surface area (Å²) >= 11 is 1.09. The minimum Gasteiger partial charge on any atom is -0.321 e. The van der Waals surface area contributed by atoms with Crippen molar-refractivity contribution in [3.05, 3.63) is 45.4 Å². The Morgan fingerprint density at radius 1 is 1.39 bits per heavy atom. The first-order chi connectivity index (χ1) is 16.9. The van der Waals surface area contributed by atoms with E-state index in [-0.39, 0.29) is 22.0 Å². The molecular weight excluding hydrogens is 495 g/mol. The number of fused-ring (bicyclic) bond motifs is 1. The molecule has 3 N–H and O–H groups in total. The van der Waals surface area contributed by atoms with Crippen molar-refractivity contribution in [3.8, 4) is 0 Å². The summed E-state index contributed by atoms with van der Waals surface area (Å²) in [6.07, 6.45) is -0.642. The van der Waals surface area contributed by atoms with Gasteiger partial charge in [0.05, 0.1) is 36.1 Å². The van der Waals surface area contributed by atoms with E-state index in [0.717, 1.165) is 23.7 Å². The normalized spacial score (nSPS) is 23.4. The fraction of sp³-hybridized carbons (Fsp3) is 0.435. The third kappa shape index (κ3) is 4.90. The molecule has 1 amide bonds. The summed E-state index contributed by atoms with van der Waals surface area (Å²) in [5, 5.41) is 10.4. The number of nitrogens with zero attached hydrogens (tertiary/aromatic N) is 4. The van der Waals surface area contributed by atoms with Crippen LogP contribution >= 0.6 is 11.3 Å². The standard InChI is InChI=1S/C23H26F3N7O2S/c1-12-5-6-14(7-15(12)23(24,25)26)31-20(35)18-9-27-21(36-18)13(2)30-17(10-34)19-16-8-29-32-22(16,3)33(4)11-28-19/h5-10,13,16-17,30,32H,11H2,1-4H3,(H,31,35). The van der Waals surface area contributed by atoms with Crippen LogP contribution in [0.4, 0.5) is 18.9 Å². The van der Waals surface area contributed by atoms with Gasteiger partial charge < -0.3 is 10.1 Å². The maximum absolute atomic E-state index is 13.2. The summed E-state index contributed by atoms with van der Waals surface area (Å²) in [6, 6.07) is 2.54. The van der Waals surface area contributed by atoms with Gasteiger partial charge in [0.25, 0.3) is 5.91 Å². The van der Waals surface area contributed by atoms with Crippen LogP contribution in [0.3, 0.4) is 0 Å². The van der Waals surface area contributed by atoms with Gasteiger partial charge in [0.15, 0.2) is 0 Å². The van der Waals surface area contributed by atoms with Crippen LogP contribution in [-0.2, 0) is 11.0 Å². The monoisotopic (exact) mass is 521 g/mol. The molecule has 1 aromatic heterocycles. The minimum absolute atomic E-state index is 0.0373. The van der Waals surface area contributed by atoms with Gasteiger partial charge in [-0.3, -0.25) is 25.4 Å². The van der Waals surface area contributed by atoms with Gasteiger partial charge in [-0.25, -0.2) is 4.98 Å². The lowest BCUT2D eigenvalue weighted by molar-refractivity contribution is -0.138. The first kappa shape index (κ1) is 25.9. The van der Waals surface area contributed by atoms with E-state index in [4.69, 9.17) is 0 Å². The van der Waals surface area contributed by atoms with Gasteiger partial charge in [-0.2, -0.15) is 18.3 Å². The predicted octanol–water partition coefficient (Wildman–Crippen LogP) is 3.21. The molecule has 4 atom stereocenters. The number of amides is 1. The van der Waals surface area contributed by atoms with Crippen LogP contribution in [0.2, 0.25) is 0 Å². The minimum atomic E-state index is -4.52. The Morgan fingerprint density at radius 2 is 2.14 bits per heavy atom. The van der Waals surface area contributed by atoms with E-state index >= 15 is 0 Å². The first-order valence-electron chi connectivity index (χ1n) is 11.2. The van der Waals surface area contributed by atoms with E-state index in [1.165, 1.54) is 25.3 Å². The zero-order chi connectivity index (χ0) is 26.3. The molecule has 0 spiro atoms. The van der Waals surface area contributed by atoms with E-state index in [1.807, 2.05) is 25.8 Å². The number of anilines is 1. The second-order valence-corrected chi connectivity index (χ2v) is 10.0. The average Bonchev–Trinajstić information content (AvgIpc) is 3.47. The van der Waals surface area contributed by atoms with Crippen LogP contribution in [-0.4, -0.2) is 59.4 Å². The number of aryl methyl sites for hydroxylation is 1. The second kappa shape index (κ2) is 9.71. The number of hydrazone groups is 1. The highest BCUT2D eigenvalue weighted by molar-refractivity contribution is 7.13. The number of aldehydes is 1. The molecule has 192 valence electrons. The molecule has 0 bridgehead atoms. The summed E-state index contributed by atoms with van der Waals surface area (Å²) in [5.74, 6) is -0.779. The van der Waals surface area contributed by atoms with Crippen LogP contribution < -0.4 is 16.1 Å². The number of aromatic nitrogens is 1. The predicted molar refractivity (Wildman–Crippen MR) is 131 cm³/mol. The lowest BCUT2D eigenvalue weighted by atomic mass is 9.85. The smallest absolute Gasteiger partial charge is 0.321 e. The second-order valence-electron chi connectivity index (χ2n) is 8.98. The van der Waals surface area contributed by atoms with Crippen molar-refractivity contribution in [1.82, 2.24) is 20.6 Å². The number of aliphatic imine (C=N–C) groups is 1. The summed E-state index contributed by atoms with van der Waals surface area (Å²) in [7, 11) is 1.92. The fourth-order valence-electron chi connectivity index (χ4n) is 4.19. The van der Waals surface area contributed by atoms with Crippen molar-refractivity contribution in [2.45, 2.75) is 44.7 Å². The van der Waals surface area contributed by atoms with Crippen molar-refractivity contribution < 1.29 is 22.8 Å². The molecule has 4 unspecified atom stereocenters. The third-order valence-corrected chi connectivity index (χ3v) is 7.68. The zero-order valence-corrected chi connectivity index (χ0v) is 20.9. The molecule has 0 aliphatic carbocycles. The van der Waals surface area contributed by atoms with Crippen LogP contribution in [0.5, 0.6) is 0 Å². The number of nitrogens with one attached hydrogen (secondary N) is 3. The third-order valence-electron chi connectivity index (χ3n) is 6.50. The summed E-state index contributed by atoms with van der Waals surface area (Å²) in [4.78, 5) is 35.8. The van der Waals surface area contributed by atoms with Gasteiger partial charge in [0.1, 0.15) is 27.9 Å². The van der Waals surface area contributed by atoms with Crippen molar-refractivity contribution in [2.24, 2.45) is 16.0 Å². The summed E-state index contributed by atoms with van der Waals surface area (Å²) < 4.78 is 39.6. The Kier molecular flexibility index (Phi) is 6.99. The molecule has 0 saturated carbocycles. The van der Waals surface area contributed by atoms with Gasteiger partial charge in [0, 0.05) is 11.9 Å². The highest BCUT2D eigenvalue weighted by atomic mass is 32.1. The Morgan fingerprint density at radius 3 is 2.83 bits per heavy atom. The van der Waals surface area contributed by atoms with Crippen LogP contribution in [0.15, 0.2) is 34.5 Å². The zero-order valence-electron chi connectivity index (χ0n) is 20.1. The first-order valence-corrected chi connectivity index (χ1v) is 12.0. The quantitative estimate of drug-likeness (QED) is 0.483. The summed E-state index contributed by atoms with van der Waals surface area (Å²) in [6.45, 7) is 5.55. The van der Waals surface area contributed by atoms with Gasteiger partial charge in [-0.05, 0) is 45.5 Å². The number of alkyl halides is 3. The highest BCUT2D eigenvalue weighted by Gasteiger charge is 2.47. The molecule has 0 saturated heterocycles. The van der Waals surface area contributed by atoms with Gasteiger partial charge in [-0.15, -0.1) is 11.3 Å². The Hall–Kier alpha value is -3.16. The van der Waals surface area contributed by atoms with Crippen LogP contribution in [0.1, 0.15) is 45.7 Å². The fourth-order valence-corrected chi connectivity index (χ4v) is 5.02. The van der Waals surface area contributed by atoms with Crippen LogP contribution in [0, 0.1) is 12.8 Å². The van der Waals surface area contributed by atoms with Crippen LogP contribution in [0.25, 0.3) is 0 Å². The molecule has 0 fully saturated rings. The number of carbonyl (C=O) groups is 2. The number of hydrogen-bond donors (Lipinski definition) is 3. The molecule has 2 aliphatic rings. The molecule has 9 nitrogen and oxygen atoms in total. The number of carbonyl (C=O) groups excluding carboxylic acids is 2. The molecular formula is C23H26F3N7O2S. The number of hydrogen-bond acceptors (Lipinski definition) is 9. The molecule has 2 aliphatic heterocycles. The number of thiazole rings is 1. The highest BCUT2D eigenvalue weighted by Crippen LogP contribution is 2.34.